The molecule has 0 aliphatic rings. The zero-order valence-electron chi connectivity index (χ0n) is 13.8. The Balaban J connectivity index is 2.16. The number of benzene rings is 2. The Kier molecular flexibility index (Phi) is 4.71. The van der Waals surface area contributed by atoms with Gasteiger partial charge in [0.25, 0.3) is 0 Å². The number of anilines is 4. The van der Waals surface area contributed by atoms with Crippen LogP contribution >= 0.6 is 11.6 Å². The summed E-state index contributed by atoms with van der Waals surface area (Å²) in [7, 11) is -3.99. The van der Waals surface area contributed by atoms with Crippen LogP contribution in [0.1, 0.15) is 5.56 Å². The van der Waals surface area contributed by atoms with Crippen LogP contribution in [0.4, 0.5) is 23.3 Å². The molecule has 0 aliphatic carbocycles. The molecule has 0 unspecified atom stereocenters. The van der Waals surface area contributed by atoms with Crippen molar-refractivity contribution in [2.24, 2.45) is 0 Å². The number of hydrogen-bond donors (Lipinski definition) is 3. The van der Waals surface area contributed by atoms with Crippen molar-refractivity contribution in [3.63, 3.8) is 0 Å². The van der Waals surface area contributed by atoms with E-state index in [2.05, 4.69) is 15.3 Å². The van der Waals surface area contributed by atoms with Crippen molar-refractivity contribution in [3.05, 3.63) is 59.1 Å². The minimum atomic E-state index is -3.99. The van der Waals surface area contributed by atoms with Gasteiger partial charge in [-0.05, 0) is 48.9 Å². The number of nitrogens with one attached hydrogen (secondary N) is 1. The van der Waals surface area contributed by atoms with Gasteiger partial charge in [0.15, 0.2) is 16.5 Å². The van der Waals surface area contributed by atoms with Crippen LogP contribution < -0.4 is 16.8 Å². The predicted molar refractivity (Wildman–Crippen MR) is 102 cm³/mol. The lowest BCUT2D eigenvalue weighted by Crippen LogP contribution is -2.13. The second-order valence-electron chi connectivity index (χ2n) is 5.60. The molecule has 0 spiro atoms. The van der Waals surface area contributed by atoms with Gasteiger partial charge in [-0.25, -0.2) is 8.42 Å². The van der Waals surface area contributed by atoms with Gasteiger partial charge in [-0.1, -0.05) is 23.7 Å². The summed E-state index contributed by atoms with van der Waals surface area (Å²) in [5.74, 6) is -0.356. The molecule has 26 heavy (non-hydrogen) atoms. The number of aromatic nitrogens is 2. The van der Waals surface area contributed by atoms with Crippen molar-refractivity contribution in [2.45, 2.75) is 16.7 Å². The molecule has 0 bridgehead atoms. The van der Waals surface area contributed by atoms with Crippen molar-refractivity contribution in [1.29, 1.82) is 0 Å². The Morgan fingerprint density at radius 3 is 2.38 bits per heavy atom. The Labute approximate surface area is 156 Å². The van der Waals surface area contributed by atoms with Gasteiger partial charge in [0.1, 0.15) is 0 Å². The number of hydrogen-bond acceptors (Lipinski definition) is 7. The Hall–Kier alpha value is -2.84. The SMILES string of the molecule is Cc1cccc(Nc2nc(N)nc(N)c2S(=O)(=O)c2ccc(Cl)cc2)c1. The number of nitrogens with zero attached hydrogens (tertiary/aromatic N) is 2. The summed E-state index contributed by atoms with van der Waals surface area (Å²) in [4.78, 5) is 7.62. The average Bonchev–Trinajstić information content (AvgIpc) is 2.54. The third-order valence-electron chi connectivity index (χ3n) is 3.58. The molecule has 3 rings (SSSR count). The van der Waals surface area contributed by atoms with E-state index >= 15 is 0 Å². The highest BCUT2D eigenvalue weighted by molar-refractivity contribution is 7.91. The van der Waals surface area contributed by atoms with Crippen molar-refractivity contribution >= 4 is 44.7 Å². The molecule has 0 aliphatic heterocycles. The fourth-order valence-corrected chi connectivity index (χ4v) is 3.95. The van der Waals surface area contributed by atoms with Gasteiger partial charge in [0.2, 0.25) is 15.8 Å². The summed E-state index contributed by atoms with van der Waals surface area (Å²) in [6.45, 7) is 1.92. The fraction of sp³-hybridized carbons (Fsp3) is 0.0588. The van der Waals surface area contributed by atoms with E-state index in [1.165, 1.54) is 24.3 Å². The molecule has 0 saturated heterocycles. The zero-order valence-corrected chi connectivity index (χ0v) is 15.3. The molecule has 5 N–H and O–H groups in total. The predicted octanol–water partition coefficient (Wildman–Crippen LogP) is 3.18. The smallest absolute Gasteiger partial charge is 0.224 e. The van der Waals surface area contributed by atoms with Crippen LogP contribution in [0.5, 0.6) is 0 Å². The van der Waals surface area contributed by atoms with Gasteiger partial charge in [0.05, 0.1) is 4.90 Å². The molecule has 3 aromatic rings. The van der Waals surface area contributed by atoms with Crippen LogP contribution in [0.3, 0.4) is 0 Å². The number of halogens is 1. The van der Waals surface area contributed by atoms with Gasteiger partial charge in [-0.2, -0.15) is 9.97 Å². The maximum Gasteiger partial charge on any atom is 0.224 e. The first kappa shape index (κ1) is 18.0. The van der Waals surface area contributed by atoms with E-state index in [1.807, 2.05) is 25.1 Å². The highest BCUT2D eigenvalue weighted by Gasteiger charge is 2.27. The molecular weight excluding hydrogens is 374 g/mol. The van der Waals surface area contributed by atoms with Crippen LogP contribution in [0.15, 0.2) is 58.3 Å². The minimum Gasteiger partial charge on any atom is -0.382 e. The first-order chi connectivity index (χ1) is 12.3. The molecule has 0 saturated carbocycles. The lowest BCUT2D eigenvalue weighted by Gasteiger charge is -2.14. The highest BCUT2D eigenvalue weighted by Crippen LogP contribution is 2.33. The summed E-state index contributed by atoms with van der Waals surface area (Å²) >= 11 is 5.84. The molecule has 0 atom stereocenters. The Morgan fingerprint density at radius 2 is 1.73 bits per heavy atom. The normalized spacial score (nSPS) is 11.3. The monoisotopic (exact) mass is 389 g/mol. The standard InChI is InChI=1S/C17H16ClN5O2S/c1-10-3-2-4-12(9-10)21-16-14(15(19)22-17(20)23-16)26(24,25)13-7-5-11(18)6-8-13/h2-9H,1H3,(H5,19,20,21,22,23). The first-order valence-corrected chi connectivity index (χ1v) is 9.41. The lowest BCUT2D eigenvalue weighted by atomic mass is 10.2. The molecule has 1 aromatic heterocycles. The zero-order chi connectivity index (χ0) is 18.9. The molecule has 7 nitrogen and oxygen atoms in total. The molecular formula is C17H16ClN5O2S. The first-order valence-electron chi connectivity index (χ1n) is 7.55. The van der Waals surface area contributed by atoms with Crippen LogP contribution in [-0.4, -0.2) is 18.4 Å². The minimum absolute atomic E-state index is 0.00977. The van der Waals surface area contributed by atoms with Gasteiger partial charge >= 0.3 is 0 Å². The average molecular weight is 390 g/mol. The van der Waals surface area contributed by atoms with E-state index in [0.717, 1.165) is 5.56 Å². The van der Waals surface area contributed by atoms with Crippen LogP contribution in [0.2, 0.25) is 5.02 Å². The second kappa shape index (κ2) is 6.81. The molecule has 9 heteroatoms. The van der Waals surface area contributed by atoms with Crippen molar-refractivity contribution in [1.82, 2.24) is 9.97 Å². The fourth-order valence-electron chi connectivity index (χ4n) is 2.43. The van der Waals surface area contributed by atoms with Crippen LogP contribution in [0.25, 0.3) is 0 Å². The third-order valence-corrected chi connectivity index (χ3v) is 5.67. The topological polar surface area (TPSA) is 124 Å². The lowest BCUT2D eigenvalue weighted by molar-refractivity contribution is 0.596. The number of nitrogens with two attached hydrogens (primary N) is 2. The van der Waals surface area contributed by atoms with Gasteiger partial charge in [-0.3, -0.25) is 0 Å². The van der Waals surface area contributed by atoms with Crippen molar-refractivity contribution < 1.29 is 8.42 Å². The van der Waals surface area contributed by atoms with Gasteiger partial charge in [0, 0.05) is 10.7 Å². The highest BCUT2D eigenvalue weighted by atomic mass is 35.5. The van der Waals surface area contributed by atoms with E-state index < -0.39 is 9.84 Å². The van der Waals surface area contributed by atoms with E-state index in [-0.39, 0.29) is 27.4 Å². The molecule has 2 aromatic carbocycles. The Morgan fingerprint density at radius 1 is 1.04 bits per heavy atom. The van der Waals surface area contributed by atoms with E-state index in [0.29, 0.717) is 10.7 Å². The summed E-state index contributed by atoms with van der Waals surface area (Å²) in [5, 5.41) is 3.39. The number of rotatable bonds is 4. The maximum atomic E-state index is 13.1. The van der Waals surface area contributed by atoms with Crippen LogP contribution in [-0.2, 0) is 9.84 Å². The van der Waals surface area contributed by atoms with E-state index in [1.54, 1.807) is 6.07 Å². The van der Waals surface area contributed by atoms with Crippen molar-refractivity contribution in [3.8, 4) is 0 Å². The van der Waals surface area contributed by atoms with Crippen molar-refractivity contribution in [2.75, 3.05) is 16.8 Å². The van der Waals surface area contributed by atoms with Gasteiger partial charge < -0.3 is 16.8 Å². The third kappa shape index (κ3) is 3.56. The molecule has 1 heterocycles. The molecule has 134 valence electrons. The van der Waals surface area contributed by atoms with E-state index in [4.69, 9.17) is 23.1 Å². The summed E-state index contributed by atoms with van der Waals surface area (Å²) in [6, 6.07) is 13.1. The Bertz CT molecular complexity index is 1070. The quantitative estimate of drug-likeness (QED) is 0.625. The molecule has 0 amide bonds. The number of aryl methyl sites for hydroxylation is 1. The van der Waals surface area contributed by atoms with E-state index in [9.17, 15) is 8.42 Å². The van der Waals surface area contributed by atoms with Gasteiger partial charge in [-0.15, -0.1) is 0 Å². The maximum absolute atomic E-state index is 13.1. The number of sulfone groups is 1. The number of nitrogen functional groups attached to an aromatic ring is 2. The van der Waals surface area contributed by atoms with Crippen LogP contribution in [0, 0.1) is 6.92 Å². The molecule has 0 fully saturated rings. The summed E-state index contributed by atoms with van der Waals surface area (Å²) in [6.07, 6.45) is 0. The largest absolute Gasteiger partial charge is 0.382 e. The second-order valence-corrected chi connectivity index (χ2v) is 7.92. The summed E-state index contributed by atoms with van der Waals surface area (Å²) in [5.41, 5.74) is 13.2. The summed E-state index contributed by atoms with van der Waals surface area (Å²) < 4.78 is 26.1. The molecule has 0 radical (unpaired) electrons.